The zero-order chi connectivity index (χ0) is 16.3. The van der Waals surface area contributed by atoms with Crippen LogP contribution in [0.3, 0.4) is 0 Å². The topological polar surface area (TPSA) is 15.3 Å². The molecule has 2 rings (SSSR count). The summed E-state index contributed by atoms with van der Waals surface area (Å²) >= 11 is 6.20. The molecule has 140 valence electrons. The minimum atomic E-state index is -4.26. The van der Waals surface area contributed by atoms with E-state index in [9.17, 15) is 17.6 Å². The Morgan fingerprint density at radius 3 is 2.33 bits per heavy atom. The number of hydrogen-bond acceptors (Lipinski definition) is 2. The van der Waals surface area contributed by atoms with Crippen LogP contribution in [0.4, 0.5) is 17.6 Å². The summed E-state index contributed by atoms with van der Waals surface area (Å²) in [6.07, 6.45) is -5.41. The second-order valence-corrected chi connectivity index (χ2v) is 5.93. The van der Waals surface area contributed by atoms with Crippen molar-refractivity contribution in [2.75, 3.05) is 26.2 Å². The van der Waals surface area contributed by atoms with Gasteiger partial charge in [-0.3, -0.25) is 4.90 Å². The van der Waals surface area contributed by atoms with Gasteiger partial charge < -0.3 is 5.32 Å². The van der Waals surface area contributed by atoms with Gasteiger partial charge in [0.25, 0.3) is 0 Å². The van der Waals surface area contributed by atoms with Gasteiger partial charge in [0.2, 0.25) is 0 Å². The van der Waals surface area contributed by atoms with Gasteiger partial charge in [0.1, 0.15) is 5.82 Å². The van der Waals surface area contributed by atoms with Crippen molar-refractivity contribution in [1.29, 1.82) is 0 Å². The van der Waals surface area contributed by atoms with Crippen molar-refractivity contribution in [3.63, 3.8) is 0 Å². The maximum Gasteiger partial charge on any atom is 0.389 e. The van der Waals surface area contributed by atoms with Gasteiger partial charge in [-0.25, -0.2) is 4.39 Å². The fraction of sp³-hybridized carbons (Fsp3) is 0.600. The van der Waals surface area contributed by atoms with Gasteiger partial charge in [-0.2, -0.15) is 13.2 Å². The summed E-state index contributed by atoms with van der Waals surface area (Å²) in [6.45, 7) is 4.23. The van der Waals surface area contributed by atoms with Crippen molar-refractivity contribution in [2.24, 2.45) is 0 Å². The van der Waals surface area contributed by atoms with Crippen LogP contribution in [-0.4, -0.2) is 37.3 Å². The Labute approximate surface area is 156 Å². The minimum Gasteiger partial charge on any atom is -0.314 e. The lowest BCUT2D eigenvalue weighted by molar-refractivity contribution is -0.138. The number of piperazine rings is 1. The maximum absolute atomic E-state index is 14.2. The number of hydrogen-bond donors (Lipinski definition) is 1. The van der Waals surface area contributed by atoms with Gasteiger partial charge in [0, 0.05) is 44.2 Å². The number of halogens is 7. The van der Waals surface area contributed by atoms with Crippen molar-refractivity contribution in [3.05, 3.63) is 34.1 Å². The zero-order valence-corrected chi connectivity index (χ0v) is 15.5. The Kier molecular flexibility index (Phi) is 9.91. The summed E-state index contributed by atoms with van der Waals surface area (Å²) in [5.41, 5.74) is 0.859. The van der Waals surface area contributed by atoms with Gasteiger partial charge in [-0.15, -0.1) is 24.8 Å². The average Bonchev–Trinajstić information content (AvgIpc) is 2.46. The number of nitrogens with zero attached hydrogens (tertiary/aromatic N) is 1. The predicted octanol–water partition coefficient (Wildman–Crippen LogP) is 4.92. The molecule has 0 bridgehead atoms. The van der Waals surface area contributed by atoms with E-state index in [0.717, 1.165) is 0 Å². The van der Waals surface area contributed by atoms with E-state index in [1.54, 1.807) is 13.0 Å². The highest BCUT2D eigenvalue weighted by Crippen LogP contribution is 2.37. The average molecular weight is 412 g/mol. The third-order valence-corrected chi connectivity index (χ3v) is 4.45. The molecule has 0 spiro atoms. The molecule has 0 unspecified atom stereocenters. The van der Waals surface area contributed by atoms with E-state index in [0.29, 0.717) is 31.7 Å². The summed E-state index contributed by atoms with van der Waals surface area (Å²) in [6, 6.07) is 2.16. The van der Waals surface area contributed by atoms with Crippen molar-refractivity contribution < 1.29 is 17.6 Å². The van der Waals surface area contributed by atoms with Crippen LogP contribution in [-0.2, 0) is 0 Å². The molecule has 0 radical (unpaired) electrons. The molecule has 9 heteroatoms. The van der Waals surface area contributed by atoms with Crippen molar-refractivity contribution in [2.45, 2.75) is 32.0 Å². The molecule has 1 atom stereocenters. The van der Waals surface area contributed by atoms with Crippen LogP contribution in [0.1, 0.15) is 30.0 Å². The predicted molar refractivity (Wildman–Crippen MR) is 93.1 cm³/mol. The Hall–Kier alpha value is -0.270. The highest BCUT2D eigenvalue weighted by molar-refractivity contribution is 6.32. The fourth-order valence-corrected chi connectivity index (χ4v) is 3.07. The smallest absolute Gasteiger partial charge is 0.314 e. The first-order valence-electron chi connectivity index (χ1n) is 7.25. The summed E-state index contributed by atoms with van der Waals surface area (Å²) in [5, 5.41) is 3.37. The molecular weight excluding hydrogens is 391 g/mol. The van der Waals surface area contributed by atoms with E-state index in [1.807, 2.05) is 4.90 Å². The molecule has 1 aromatic rings. The molecule has 24 heavy (non-hydrogen) atoms. The van der Waals surface area contributed by atoms with E-state index in [-0.39, 0.29) is 41.8 Å². The van der Waals surface area contributed by atoms with Crippen LogP contribution in [0.15, 0.2) is 12.1 Å². The van der Waals surface area contributed by atoms with Gasteiger partial charge in [0.15, 0.2) is 0 Å². The molecule has 1 saturated heterocycles. The van der Waals surface area contributed by atoms with Crippen LogP contribution < -0.4 is 5.32 Å². The van der Waals surface area contributed by atoms with Crippen molar-refractivity contribution in [3.8, 4) is 0 Å². The molecule has 0 aromatic heterocycles. The minimum absolute atomic E-state index is 0. The van der Waals surface area contributed by atoms with Gasteiger partial charge >= 0.3 is 6.18 Å². The molecular formula is C15H21Cl3F4N2. The lowest BCUT2D eigenvalue weighted by atomic mass is 9.97. The second-order valence-electron chi connectivity index (χ2n) is 5.55. The fourth-order valence-electron chi connectivity index (χ4n) is 2.79. The van der Waals surface area contributed by atoms with Crippen LogP contribution in [0.25, 0.3) is 0 Å². The highest BCUT2D eigenvalue weighted by Gasteiger charge is 2.33. The molecule has 1 aliphatic rings. The number of alkyl halides is 3. The Balaban J connectivity index is 0.00000264. The Bertz CT molecular complexity index is 520. The molecule has 0 aliphatic carbocycles. The van der Waals surface area contributed by atoms with Crippen molar-refractivity contribution >= 4 is 36.4 Å². The number of nitrogens with one attached hydrogen (secondary N) is 1. The summed E-state index contributed by atoms with van der Waals surface area (Å²) in [7, 11) is 0. The zero-order valence-electron chi connectivity index (χ0n) is 13.1. The Morgan fingerprint density at radius 2 is 1.79 bits per heavy atom. The summed E-state index contributed by atoms with van der Waals surface area (Å²) in [4.78, 5) is 1.88. The number of rotatable bonds is 4. The van der Waals surface area contributed by atoms with Crippen LogP contribution in [0, 0.1) is 12.7 Å². The van der Waals surface area contributed by atoms with Crippen LogP contribution >= 0.6 is 36.4 Å². The number of aryl methyl sites for hydroxylation is 1. The highest BCUT2D eigenvalue weighted by atomic mass is 35.5. The molecule has 0 amide bonds. The lowest BCUT2D eigenvalue weighted by Crippen LogP contribution is -2.45. The molecule has 1 N–H and O–H groups in total. The standard InChI is InChI=1S/C15H19ClF4N2.2ClH/c1-10-2-3-11(17)13(14(10)16)12(4-5-15(18,19)20)22-8-6-21-7-9-22;;/h2-3,12,21H,4-9H2,1H3;2*1H/t12-;;/m0../s1. The molecule has 0 saturated carbocycles. The monoisotopic (exact) mass is 410 g/mol. The number of benzene rings is 1. The molecule has 1 fully saturated rings. The third-order valence-electron chi connectivity index (χ3n) is 3.95. The van der Waals surface area contributed by atoms with Gasteiger partial charge in [0.05, 0.1) is 5.02 Å². The summed E-state index contributed by atoms with van der Waals surface area (Å²) < 4.78 is 52.1. The first kappa shape index (κ1) is 23.7. The molecule has 1 aliphatic heterocycles. The third kappa shape index (κ3) is 6.23. The van der Waals surface area contributed by atoms with E-state index >= 15 is 0 Å². The first-order valence-corrected chi connectivity index (χ1v) is 7.63. The summed E-state index contributed by atoms with van der Waals surface area (Å²) in [5.74, 6) is -0.540. The van der Waals surface area contributed by atoms with Crippen LogP contribution in [0.2, 0.25) is 5.02 Å². The van der Waals surface area contributed by atoms with E-state index in [4.69, 9.17) is 11.6 Å². The maximum atomic E-state index is 14.2. The largest absolute Gasteiger partial charge is 0.389 e. The normalized spacial score (nSPS) is 16.9. The SMILES string of the molecule is Cc1ccc(F)c([C@H](CCC(F)(F)F)N2CCNCC2)c1Cl.Cl.Cl. The van der Waals surface area contributed by atoms with Crippen LogP contribution in [0.5, 0.6) is 0 Å². The van der Waals surface area contributed by atoms with E-state index in [1.165, 1.54) is 6.07 Å². The lowest BCUT2D eigenvalue weighted by Gasteiger charge is -2.36. The molecule has 2 nitrogen and oxygen atoms in total. The molecule has 1 heterocycles. The Morgan fingerprint density at radius 1 is 1.21 bits per heavy atom. The van der Waals surface area contributed by atoms with E-state index in [2.05, 4.69) is 5.32 Å². The van der Waals surface area contributed by atoms with E-state index < -0.39 is 24.5 Å². The molecule has 1 aromatic carbocycles. The first-order chi connectivity index (χ1) is 10.3. The second kappa shape index (κ2) is 10.0. The van der Waals surface area contributed by atoms with Gasteiger partial charge in [-0.05, 0) is 25.0 Å². The van der Waals surface area contributed by atoms with Crippen molar-refractivity contribution in [1.82, 2.24) is 10.2 Å². The van der Waals surface area contributed by atoms with Gasteiger partial charge in [-0.1, -0.05) is 17.7 Å². The quantitative estimate of drug-likeness (QED) is 0.708.